The van der Waals surface area contributed by atoms with E-state index in [-0.39, 0.29) is 17.0 Å². The van der Waals surface area contributed by atoms with Gasteiger partial charge in [-0.2, -0.15) is 0 Å². The SMILES string of the molecule is CC(N[C@H](C)c1cccs1)c1cccc(S(N)(=O)=O)c1. The molecule has 2 aromatic rings. The van der Waals surface area contributed by atoms with E-state index in [0.717, 1.165) is 5.56 Å². The third-order valence-corrected chi connectivity index (χ3v) is 5.12. The molecule has 0 aliphatic heterocycles. The zero-order chi connectivity index (χ0) is 14.8. The van der Waals surface area contributed by atoms with E-state index in [4.69, 9.17) is 5.14 Å². The third kappa shape index (κ3) is 3.67. The van der Waals surface area contributed by atoms with Crippen LogP contribution in [-0.2, 0) is 10.0 Å². The van der Waals surface area contributed by atoms with Crippen molar-refractivity contribution in [2.24, 2.45) is 5.14 Å². The van der Waals surface area contributed by atoms with Gasteiger partial charge in [0.1, 0.15) is 0 Å². The third-order valence-electron chi connectivity index (χ3n) is 3.16. The van der Waals surface area contributed by atoms with Crippen LogP contribution in [0.25, 0.3) is 0 Å². The highest BCUT2D eigenvalue weighted by atomic mass is 32.2. The molecule has 0 amide bonds. The van der Waals surface area contributed by atoms with Crippen LogP contribution < -0.4 is 10.5 Å². The Hall–Kier alpha value is -1.21. The van der Waals surface area contributed by atoms with Gasteiger partial charge in [-0.3, -0.25) is 0 Å². The lowest BCUT2D eigenvalue weighted by molar-refractivity contribution is 0.499. The number of nitrogens with one attached hydrogen (secondary N) is 1. The van der Waals surface area contributed by atoms with Gasteiger partial charge in [0.2, 0.25) is 10.0 Å². The first-order valence-corrected chi connectivity index (χ1v) is 8.73. The summed E-state index contributed by atoms with van der Waals surface area (Å²) in [5.41, 5.74) is 0.903. The highest BCUT2D eigenvalue weighted by Gasteiger charge is 2.14. The van der Waals surface area contributed by atoms with Crippen molar-refractivity contribution >= 4 is 21.4 Å². The first-order valence-electron chi connectivity index (χ1n) is 6.30. The molecule has 3 N–H and O–H groups in total. The molecule has 1 aromatic carbocycles. The van der Waals surface area contributed by atoms with Crippen LogP contribution in [-0.4, -0.2) is 8.42 Å². The van der Waals surface area contributed by atoms with E-state index < -0.39 is 10.0 Å². The molecule has 108 valence electrons. The van der Waals surface area contributed by atoms with Crippen molar-refractivity contribution in [2.45, 2.75) is 30.8 Å². The van der Waals surface area contributed by atoms with E-state index in [1.54, 1.807) is 23.5 Å². The molecule has 0 radical (unpaired) electrons. The fraction of sp³-hybridized carbons (Fsp3) is 0.286. The monoisotopic (exact) mass is 310 g/mol. The van der Waals surface area contributed by atoms with Crippen LogP contribution >= 0.6 is 11.3 Å². The molecule has 1 aromatic heterocycles. The van der Waals surface area contributed by atoms with E-state index in [2.05, 4.69) is 18.3 Å². The predicted molar refractivity (Wildman–Crippen MR) is 82.1 cm³/mol. The first-order chi connectivity index (χ1) is 9.38. The largest absolute Gasteiger partial charge is 0.303 e. The second kappa shape index (κ2) is 6.05. The van der Waals surface area contributed by atoms with Gasteiger partial charge in [-0.1, -0.05) is 18.2 Å². The number of rotatable bonds is 5. The highest BCUT2D eigenvalue weighted by molar-refractivity contribution is 7.89. The van der Waals surface area contributed by atoms with Gasteiger partial charge in [0, 0.05) is 17.0 Å². The van der Waals surface area contributed by atoms with Crippen molar-refractivity contribution < 1.29 is 8.42 Å². The summed E-state index contributed by atoms with van der Waals surface area (Å²) in [7, 11) is -3.66. The maximum atomic E-state index is 11.4. The summed E-state index contributed by atoms with van der Waals surface area (Å²) in [6.45, 7) is 4.10. The summed E-state index contributed by atoms with van der Waals surface area (Å²) in [4.78, 5) is 1.40. The van der Waals surface area contributed by atoms with Gasteiger partial charge in [-0.25, -0.2) is 13.6 Å². The molecule has 1 unspecified atom stereocenters. The summed E-state index contributed by atoms with van der Waals surface area (Å²) < 4.78 is 22.8. The van der Waals surface area contributed by atoms with Gasteiger partial charge >= 0.3 is 0 Å². The van der Waals surface area contributed by atoms with Crippen LogP contribution in [0.1, 0.15) is 36.4 Å². The Kier molecular flexibility index (Phi) is 4.59. The van der Waals surface area contributed by atoms with Gasteiger partial charge in [0.05, 0.1) is 4.90 Å². The Labute approximate surface area is 123 Å². The number of hydrogen-bond donors (Lipinski definition) is 2. The Morgan fingerprint density at radius 3 is 2.50 bits per heavy atom. The first kappa shape index (κ1) is 15.2. The highest BCUT2D eigenvalue weighted by Crippen LogP contribution is 2.23. The molecule has 2 atom stereocenters. The molecule has 0 spiro atoms. The van der Waals surface area contributed by atoms with Crippen molar-refractivity contribution in [3.8, 4) is 0 Å². The van der Waals surface area contributed by atoms with Gasteiger partial charge in [0.25, 0.3) is 0 Å². The molecule has 2 rings (SSSR count). The molecule has 6 heteroatoms. The zero-order valence-corrected chi connectivity index (χ0v) is 13.0. The lowest BCUT2D eigenvalue weighted by Crippen LogP contribution is -2.22. The van der Waals surface area contributed by atoms with Gasteiger partial charge in [-0.15, -0.1) is 11.3 Å². The standard InChI is InChI=1S/C14H18N2O2S2/c1-10(16-11(2)14-7-4-8-19-14)12-5-3-6-13(9-12)20(15,17)18/h3-11,16H,1-2H3,(H2,15,17,18)/t10?,11-/m1/s1. The molecular weight excluding hydrogens is 292 g/mol. The summed E-state index contributed by atoms with van der Waals surface area (Å²) in [5.74, 6) is 0. The normalized spacial score (nSPS) is 14.9. The van der Waals surface area contributed by atoms with Crippen LogP contribution in [0.5, 0.6) is 0 Å². The number of hydrogen-bond acceptors (Lipinski definition) is 4. The van der Waals surface area contributed by atoms with Crippen LogP contribution in [0.4, 0.5) is 0 Å². The summed E-state index contributed by atoms with van der Waals surface area (Å²) in [5, 5.41) is 10.7. The fourth-order valence-electron chi connectivity index (χ4n) is 2.05. The summed E-state index contributed by atoms with van der Waals surface area (Å²) >= 11 is 1.70. The van der Waals surface area contributed by atoms with E-state index in [9.17, 15) is 8.42 Å². The maximum Gasteiger partial charge on any atom is 0.238 e. The fourth-order valence-corrected chi connectivity index (χ4v) is 3.36. The minimum absolute atomic E-state index is 0.0359. The summed E-state index contributed by atoms with van der Waals surface area (Å²) in [6, 6.07) is 11.1. The molecule has 0 aliphatic carbocycles. The lowest BCUT2D eigenvalue weighted by atomic mass is 10.1. The van der Waals surface area contributed by atoms with Crippen LogP contribution in [0.3, 0.4) is 0 Å². The van der Waals surface area contributed by atoms with E-state index >= 15 is 0 Å². The molecule has 0 aliphatic rings. The second-order valence-corrected chi connectivity index (χ2v) is 7.28. The second-order valence-electron chi connectivity index (χ2n) is 4.74. The number of thiophene rings is 1. The molecule has 4 nitrogen and oxygen atoms in total. The Bertz CT molecular complexity index is 666. The van der Waals surface area contributed by atoms with Crippen LogP contribution in [0.2, 0.25) is 0 Å². The minimum Gasteiger partial charge on any atom is -0.303 e. The van der Waals surface area contributed by atoms with E-state index in [1.807, 2.05) is 24.4 Å². The molecule has 1 heterocycles. The quantitative estimate of drug-likeness (QED) is 0.892. The van der Waals surface area contributed by atoms with Crippen LogP contribution in [0, 0.1) is 0 Å². The van der Waals surface area contributed by atoms with E-state index in [0.29, 0.717) is 0 Å². The number of sulfonamides is 1. The van der Waals surface area contributed by atoms with Gasteiger partial charge in [-0.05, 0) is 43.0 Å². The zero-order valence-electron chi connectivity index (χ0n) is 11.4. The average Bonchev–Trinajstić information content (AvgIpc) is 2.91. The van der Waals surface area contributed by atoms with Gasteiger partial charge < -0.3 is 5.32 Å². The Morgan fingerprint density at radius 1 is 1.15 bits per heavy atom. The van der Waals surface area contributed by atoms with Crippen molar-refractivity contribution in [3.05, 3.63) is 52.2 Å². The van der Waals surface area contributed by atoms with Gasteiger partial charge in [0.15, 0.2) is 0 Å². The minimum atomic E-state index is -3.66. The predicted octanol–water partition coefficient (Wildman–Crippen LogP) is 2.81. The van der Waals surface area contributed by atoms with Crippen molar-refractivity contribution in [1.82, 2.24) is 5.32 Å². The van der Waals surface area contributed by atoms with Crippen LogP contribution in [0.15, 0.2) is 46.7 Å². The Morgan fingerprint density at radius 2 is 1.90 bits per heavy atom. The average molecular weight is 310 g/mol. The van der Waals surface area contributed by atoms with Crippen molar-refractivity contribution in [2.75, 3.05) is 0 Å². The Balaban J connectivity index is 2.15. The topological polar surface area (TPSA) is 72.2 Å². The maximum absolute atomic E-state index is 11.4. The smallest absolute Gasteiger partial charge is 0.238 e. The number of primary sulfonamides is 1. The summed E-state index contributed by atoms with van der Waals surface area (Å²) in [6.07, 6.45) is 0. The molecule has 0 saturated carbocycles. The molecule has 0 bridgehead atoms. The molecule has 0 saturated heterocycles. The molecule has 20 heavy (non-hydrogen) atoms. The molecule has 0 fully saturated rings. The number of nitrogens with two attached hydrogens (primary N) is 1. The lowest BCUT2D eigenvalue weighted by Gasteiger charge is -2.20. The molecular formula is C14H18N2O2S2. The van der Waals surface area contributed by atoms with Crippen molar-refractivity contribution in [1.29, 1.82) is 0 Å². The number of benzene rings is 1. The van der Waals surface area contributed by atoms with E-state index in [1.165, 1.54) is 10.9 Å². The van der Waals surface area contributed by atoms with Crippen molar-refractivity contribution in [3.63, 3.8) is 0 Å².